The van der Waals surface area contributed by atoms with Crippen molar-refractivity contribution in [2.45, 2.75) is 0 Å². The average Bonchev–Trinajstić information content (AvgIpc) is 2.46. The van der Waals surface area contributed by atoms with E-state index in [9.17, 15) is 4.39 Å². The monoisotopic (exact) mass is 411 g/mol. The summed E-state index contributed by atoms with van der Waals surface area (Å²) in [7, 11) is 0. The Kier molecular flexibility index (Phi) is 8.05. The number of halogens is 2. The van der Waals surface area contributed by atoms with Gasteiger partial charge in [-0.2, -0.15) is 11.8 Å². The van der Waals surface area contributed by atoms with E-state index in [2.05, 4.69) is 9.89 Å². The highest BCUT2D eigenvalue weighted by atomic mass is 127. The first-order valence-electron chi connectivity index (χ1n) is 6.27. The van der Waals surface area contributed by atoms with Crippen LogP contribution in [0.25, 0.3) is 0 Å². The van der Waals surface area contributed by atoms with Gasteiger partial charge in [-0.15, -0.1) is 24.0 Å². The summed E-state index contributed by atoms with van der Waals surface area (Å²) in [6.07, 6.45) is 0. The van der Waals surface area contributed by atoms with Crippen LogP contribution < -0.4 is 10.5 Å². The second kappa shape index (κ2) is 9.28. The number of guanidine groups is 1. The van der Waals surface area contributed by atoms with E-state index in [1.807, 2.05) is 11.8 Å². The van der Waals surface area contributed by atoms with Crippen molar-refractivity contribution in [3.8, 4) is 5.75 Å². The Bertz CT molecular complexity index is 441. The molecule has 0 spiro atoms. The fourth-order valence-corrected chi connectivity index (χ4v) is 2.67. The first kappa shape index (κ1) is 17.4. The number of thioether (sulfide) groups is 1. The minimum absolute atomic E-state index is 0. The van der Waals surface area contributed by atoms with Crippen LogP contribution in [0.15, 0.2) is 29.3 Å². The Morgan fingerprint density at radius 1 is 1.35 bits per heavy atom. The quantitative estimate of drug-likeness (QED) is 0.357. The molecule has 7 heteroatoms. The lowest BCUT2D eigenvalue weighted by molar-refractivity contribution is 0.310. The highest BCUT2D eigenvalue weighted by Crippen LogP contribution is 2.15. The number of nitrogens with zero attached hydrogens (tertiary/aromatic N) is 2. The summed E-state index contributed by atoms with van der Waals surface area (Å²) in [6.45, 7) is 2.64. The summed E-state index contributed by atoms with van der Waals surface area (Å²) >= 11 is 1.92. The van der Waals surface area contributed by atoms with Crippen LogP contribution in [0.3, 0.4) is 0 Å². The molecule has 1 aliphatic heterocycles. The zero-order valence-corrected chi connectivity index (χ0v) is 14.3. The molecule has 1 aromatic carbocycles. The number of hydrogen-bond acceptors (Lipinski definition) is 3. The first-order valence-corrected chi connectivity index (χ1v) is 7.43. The molecule has 2 rings (SSSR count). The SMILES string of the molecule is I.NC(=NCCOc1ccccc1F)N1CCSCC1. The predicted octanol–water partition coefficient (Wildman–Crippen LogP) is 2.19. The van der Waals surface area contributed by atoms with Crippen molar-refractivity contribution in [1.29, 1.82) is 0 Å². The van der Waals surface area contributed by atoms with Gasteiger partial charge in [-0.1, -0.05) is 12.1 Å². The average molecular weight is 411 g/mol. The molecule has 1 heterocycles. The molecular weight excluding hydrogens is 392 g/mol. The largest absolute Gasteiger partial charge is 0.489 e. The normalized spacial score (nSPS) is 15.7. The molecular formula is C13H19FIN3OS. The van der Waals surface area contributed by atoms with Gasteiger partial charge in [-0.25, -0.2) is 9.38 Å². The topological polar surface area (TPSA) is 50.9 Å². The predicted molar refractivity (Wildman–Crippen MR) is 92.7 cm³/mol. The summed E-state index contributed by atoms with van der Waals surface area (Å²) in [5.41, 5.74) is 5.89. The van der Waals surface area contributed by atoms with E-state index < -0.39 is 0 Å². The molecule has 0 radical (unpaired) electrons. The number of nitrogens with two attached hydrogens (primary N) is 1. The van der Waals surface area contributed by atoms with Gasteiger partial charge >= 0.3 is 0 Å². The van der Waals surface area contributed by atoms with Crippen molar-refractivity contribution in [2.75, 3.05) is 37.7 Å². The van der Waals surface area contributed by atoms with Gasteiger partial charge in [0, 0.05) is 24.6 Å². The van der Waals surface area contributed by atoms with E-state index >= 15 is 0 Å². The summed E-state index contributed by atoms with van der Waals surface area (Å²) in [6, 6.07) is 6.34. The number of ether oxygens (including phenoxy) is 1. The Morgan fingerprint density at radius 3 is 2.75 bits per heavy atom. The molecule has 0 saturated carbocycles. The van der Waals surface area contributed by atoms with Crippen molar-refractivity contribution < 1.29 is 9.13 Å². The van der Waals surface area contributed by atoms with Crippen LogP contribution in [0.2, 0.25) is 0 Å². The van der Waals surface area contributed by atoms with E-state index in [1.165, 1.54) is 6.07 Å². The zero-order chi connectivity index (χ0) is 13.5. The second-order valence-corrected chi connectivity index (χ2v) is 5.34. The van der Waals surface area contributed by atoms with E-state index in [1.54, 1.807) is 18.2 Å². The van der Waals surface area contributed by atoms with Crippen LogP contribution >= 0.6 is 35.7 Å². The zero-order valence-electron chi connectivity index (χ0n) is 11.1. The third kappa shape index (κ3) is 5.35. The van der Waals surface area contributed by atoms with Gasteiger partial charge in [0.05, 0.1) is 6.54 Å². The van der Waals surface area contributed by atoms with Gasteiger partial charge in [0.15, 0.2) is 17.5 Å². The highest BCUT2D eigenvalue weighted by Gasteiger charge is 2.11. The van der Waals surface area contributed by atoms with Gasteiger partial charge in [0.2, 0.25) is 0 Å². The van der Waals surface area contributed by atoms with Crippen LogP contribution in [0.5, 0.6) is 5.75 Å². The number of aliphatic imine (C=N–C) groups is 1. The molecule has 0 unspecified atom stereocenters. The molecule has 0 aliphatic carbocycles. The van der Waals surface area contributed by atoms with Crippen LogP contribution in [0.4, 0.5) is 4.39 Å². The molecule has 1 aromatic rings. The summed E-state index contributed by atoms with van der Waals surface area (Å²) < 4.78 is 18.6. The molecule has 0 bridgehead atoms. The Balaban J connectivity index is 0.00000200. The summed E-state index contributed by atoms with van der Waals surface area (Å²) in [5, 5.41) is 0. The highest BCUT2D eigenvalue weighted by molar-refractivity contribution is 14.0. The lowest BCUT2D eigenvalue weighted by Gasteiger charge is -2.27. The smallest absolute Gasteiger partial charge is 0.191 e. The van der Waals surface area contributed by atoms with Gasteiger partial charge in [-0.3, -0.25) is 0 Å². The maximum Gasteiger partial charge on any atom is 0.191 e. The van der Waals surface area contributed by atoms with Crippen LogP contribution in [-0.2, 0) is 0 Å². The van der Waals surface area contributed by atoms with Gasteiger partial charge in [-0.05, 0) is 12.1 Å². The fourth-order valence-electron chi connectivity index (χ4n) is 1.77. The number of rotatable bonds is 4. The maximum atomic E-state index is 13.3. The molecule has 20 heavy (non-hydrogen) atoms. The molecule has 1 aliphatic rings. The molecule has 4 nitrogen and oxygen atoms in total. The van der Waals surface area contributed by atoms with Gasteiger partial charge in [0.25, 0.3) is 0 Å². The van der Waals surface area contributed by atoms with Crippen molar-refractivity contribution in [3.63, 3.8) is 0 Å². The van der Waals surface area contributed by atoms with Crippen molar-refractivity contribution >= 4 is 41.7 Å². The lowest BCUT2D eigenvalue weighted by Crippen LogP contribution is -2.42. The summed E-state index contributed by atoms with van der Waals surface area (Å²) in [4.78, 5) is 6.33. The van der Waals surface area contributed by atoms with E-state index in [0.717, 1.165) is 24.6 Å². The number of para-hydroxylation sites is 1. The standard InChI is InChI=1S/C13H18FN3OS.HI/c14-11-3-1-2-4-12(11)18-8-5-16-13(15)17-6-9-19-10-7-17;/h1-4H,5-10H2,(H2,15,16);1H. The molecule has 0 amide bonds. The molecule has 0 aromatic heterocycles. The summed E-state index contributed by atoms with van der Waals surface area (Å²) in [5.74, 6) is 2.62. The molecule has 2 N–H and O–H groups in total. The molecule has 1 fully saturated rings. The number of benzene rings is 1. The third-order valence-corrected chi connectivity index (χ3v) is 3.74. The van der Waals surface area contributed by atoms with Gasteiger partial charge < -0.3 is 15.4 Å². The van der Waals surface area contributed by atoms with Crippen LogP contribution in [0.1, 0.15) is 0 Å². The minimum atomic E-state index is -0.354. The van der Waals surface area contributed by atoms with E-state index in [0.29, 0.717) is 19.1 Å². The molecule has 1 saturated heterocycles. The second-order valence-electron chi connectivity index (χ2n) is 4.12. The maximum absolute atomic E-state index is 13.3. The third-order valence-electron chi connectivity index (χ3n) is 2.79. The van der Waals surface area contributed by atoms with Crippen molar-refractivity contribution in [3.05, 3.63) is 30.1 Å². The van der Waals surface area contributed by atoms with E-state index in [-0.39, 0.29) is 35.5 Å². The fraction of sp³-hybridized carbons (Fsp3) is 0.462. The van der Waals surface area contributed by atoms with E-state index in [4.69, 9.17) is 10.5 Å². The minimum Gasteiger partial charge on any atom is -0.489 e. The molecule has 0 atom stereocenters. The molecule has 112 valence electrons. The lowest BCUT2D eigenvalue weighted by atomic mass is 10.3. The van der Waals surface area contributed by atoms with Crippen molar-refractivity contribution in [2.24, 2.45) is 10.7 Å². The van der Waals surface area contributed by atoms with Crippen molar-refractivity contribution in [1.82, 2.24) is 4.90 Å². The number of hydrogen-bond donors (Lipinski definition) is 1. The van der Waals surface area contributed by atoms with Crippen LogP contribution in [-0.4, -0.2) is 48.6 Å². The Hall–Kier alpha value is -0.700. The Morgan fingerprint density at radius 2 is 2.05 bits per heavy atom. The van der Waals surface area contributed by atoms with Crippen LogP contribution in [0, 0.1) is 5.82 Å². The van der Waals surface area contributed by atoms with Gasteiger partial charge in [0.1, 0.15) is 6.61 Å². The Labute approximate surface area is 140 Å². The first-order chi connectivity index (χ1) is 9.27.